The number of rotatable bonds is 19. The normalized spacial score (nSPS) is 17.5. The summed E-state index contributed by atoms with van der Waals surface area (Å²) in [5.74, 6) is 7.85. The summed E-state index contributed by atoms with van der Waals surface area (Å²) in [6.45, 7) is 13.8. The molecule has 2 aliphatic heterocycles. The van der Waals surface area contributed by atoms with Gasteiger partial charge in [0.15, 0.2) is 5.82 Å². The lowest BCUT2D eigenvalue weighted by Crippen LogP contribution is -2.48. The van der Waals surface area contributed by atoms with Crippen molar-refractivity contribution in [2.24, 2.45) is 23.4 Å². The number of imide groups is 1. The number of likely N-dealkylation sites (tertiary alicyclic amines) is 1. The second-order valence-corrected chi connectivity index (χ2v) is 14.2. The van der Waals surface area contributed by atoms with Gasteiger partial charge in [-0.25, -0.2) is 10.8 Å². The quantitative estimate of drug-likeness (QED) is 0.0615. The minimum atomic E-state index is -0.242. The van der Waals surface area contributed by atoms with Crippen molar-refractivity contribution in [1.82, 2.24) is 34.2 Å². The SMILES string of the molecule is CCCCCNc1nc(N)nc2ccn(Cc3ccc(CN4CCN(CCN(N)/C=C(\N)CN5C(=O)CC(C(CC)CC)C5=O)CC4)cc3OC)c12. The number of fused-ring (bicyclic) bond motifs is 1. The van der Waals surface area contributed by atoms with Gasteiger partial charge >= 0.3 is 0 Å². The number of hydrogen-bond donors (Lipinski definition) is 4. The zero-order valence-corrected chi connectivity index (χ0v) is 31.5. The Balaban J connectivity index is 1.09. The number of anilines is 2. The van der Waals surface area contributed by atoms with Crippen molar-refractivity contribution in [3.8, 4) is 5.75 Å². The van der Waals surface area contributed by atoms with E-state index in [4.69, 9.17) is 22.0 Å². The van der Waals surface area contributed by atoms with Gasteiger partial charge in [-0.2, -0.15) is 4.98 Å². The molecule has 0 bridgehead atoms. The number of nitrogens with zero attached hydrogens (tertiary/aromatic N) is 7. The van der Waals surface area contributed by atoms with Crippen LogP contribution in [0.15, 0.2) is 42.4 Å². The van der Waals surface area contributed by atoms with Crippen molar-refractivity contribution in [2.45, 2.75) is 72.4 Å². The number of nitrogens with one attached hydrogen (secondary N) is 1. The van der Waals surface area contributed by atoms with Crippen LogP contribution in [0.4, 0.5) is 11.8 Å². The van der Waals surface area contributed by atoms with Crippen LogP contribution in [0.25, 0.3) is 11.0 Å². The van der Waals surface area contributed by atoms with Crippen molar-refractivity contribution in [2.75, 3.05) is 70.5 Å². The van der Waals surface area contributed by atoms with Crippen LogP contribution in [-0.4, -0.2) is 106 Å². The Hall–Kier alpha value is -4.40. The molecule has 0 radical (unpaired) electrons. The molecule has 14 nitrogen and oxygen atoms in total. The second-order valence-electron chi connectivity index (χ2n) is 14.2. The zero-order chi connectivity index (χ0) is 37.2. The summed E-state index contributed by atoms with van der Waals surface area (Å²) >= 11 is 0. The maximum Gasteiger partial charge on any atom is 0.233 e. The van der Waals surface area contributed by atoms with Crippen LogP contribution < -0.4 is 27.4 Å². The molecule has 2 aliphatic rings. The van der Waals surface area contributed by atoms with E-state index in [9.17, 15) is 9.59 Å². The Morgan fingerprint density at radius 3 is 2.52 bits per heavy atom. The summed E-state index contributed by atoms with van der Waals surface area (Å²) in [6, 6.07) is 8.46. The number of amides is 2. The number of benzene rings is 1. The van der Waals surface area contributed by atoms with E-state index in [-0.39, 0.29) is 42.6 Å². The maximum absolute atomic E-state index is 12.9. The van der Waals surface area contributed by atoms with Crippen molar-refractivity contribution in [3.05, 3.63) is 53.5 Å². The average Bonchev–Trinajstić information content (AvgIpc) is 3.66. The van der Waals surface area contributed by atoms with E-state index in [1.54, 1.807) is 18.3 Å². The molecule has 3 aromatic rings. The Bertz CT molecular complexity index is 1680. The van der Waals surface area contributed by atoms with E-state index >= 15 is 0 Å². The topological polar surface area (TPSA) is 177 Å². The number of piperazine rings is 1. The number of carbonyl (C=O) groups excluding carboxylic acids is 2. The van der Waals surface area contributed by atoms with Crippen LogP contribution >= 0.6 is 0 Å². The summed E-state index contributed by atoms with van der Waals surface area (Å²) in [7, 11) is 1.72. The van der Waals surface area contributed by atoms with E-state index in [0.29, 0.717) is 18.8 Å². The van der Waals surface area contributed by atoms with Gasteiger partial charge in [0.25, 0.3) is 0 Å². The highest BCUT2D eigenvalue weighted by atomic mass is 16.5. The average molecular weight is 718 g/mol. The smallest absolute Gasteiger partial charge is 0.233 e. The van der Waals surface area contributed by atoms with Gasteiger partial charge < -0.3 is 31.1 Å². The van der Waals surface area contributed by atoms with Crippen LogP contribution in [0.3, 0.4) is 0 Å². The fraction of sp³-hybridized carbons (Fsp3) is 0.579. The van der Waals surface area contributed by atoms with E-state index in [1.165, 1.54) is 10.5 Å². The van der Waals surface area contributed by atoms with E-state index < -0.39 is 0 Å². The van der Waals surface area contributed by atoms with Gasteiger partial charge in [-0.15, -0.1) is 0 Å². The Morgan fingerprint density at radius 2 is 1.81 bits per heavy atom. The van der Waals surface area contributed by atoms with Crippen molar-refractivity contribution in [1.29, 1.82) is 0 Å². The lowest BCUT2D eigenvalue weighted by Gasteiger charge is -2.35. The molecule has 4 heterocycles. The highest BCUT2D eigenvalue weighted by molar-refractivity contribution is 6.03. The number of nitrogen functional groups attached to an aromatic ring is 1. The van der Waals surface area contributed by atoms with Gasteiger partial charge in [0.05, 0.1) is 31.6 Å². The first-order valence-electron chi connectivity index (χ1n) is 18.9. The Labute approximate surface area is 308 Å². The lowest BCUT2D eigenvalue weighted by molar-refractivity contribution is -0.139. The Morgan fingerprint density at radius 1 is 1.06 bits per heavy atom. The van der Waals surface area contributed by atoms with Crippen LogP contribution in [0.1, 0.15) is 70.4 Å². The van der Waals surface area contributed by atoms with Crippen LogP contribution in [0.2, 0.25) is 0 Å². The predicted octanol–water partition coefficient (Wildman–Crippen LogP) is 3.58. The first-order chi connectivity index (χ1) is 25.1. The van der Waals surface area contributed by atoms with Gasteiger partial charge in [0.2, 0.25) is 17.8 Å². The van der Waals surface area contributed by atoms with Crippen molar-refractivity contribution < 1.29 is 14.3 Å². The van der Waals surface area contributed by atoms with Gasteiger partial charge in [-0.05, 0) is 30.0 Å². The number of ether oxygens (including phenoxy) is 1. The van der Waals surface area contributed by atoms with Crippen LogP contribution in [0.5, 0.6) is 5.75 Å². The van der Waals surface area contributed by atoms with E-state index in [1.807, 2.05) is 12.3 Å². The first-order valence-corrected chi connectivity index (χ1v) is 18.9. The molecular weight excluding hydrogens is 658 g/mol. The molecular formula is C38H59N11O3. The summed E-state index contributed by atoms with van der Waals surface area (Å²) in [5, 5.41) is 5.03. The standard InChI is InChI=1S/C38H59N11O3/c1-5-8-9-13-42-36-35-32(43-38(40)44-36)12-14-47(35)24-29-11-10-27(21-33(29)52-4)23-46-17-15-45(16-18-46)19-20-48(41)25-30(39)26-49-34(50)22-31(37(49)51)28(6-2)7-3/h10-12,14,21,25,28,31H,5-9,13,15-20,22-24,26,39,41H2,1-4H3,(H3,40,42,43,44)/b30-25-. The third-order valence-electron chi connectivity index (χ3n) is 10.5. The minimum Gasteiger partial charge on any atom is -0.496 e. The highest BCUT2D eigenvalue weighted by Crippen LogP contribution is 2.31. The molecule has 1 aromatic carbocycles. The summed E-state index contributed by atoms with van der Waals surface area (Å²) < 4.78 is 8.03. The third-order valence-corrected chi connectivity index (χ3v) is 10.5. The number of unbranched alkanes of at least 4 members (excludes halogenated alkanes) is 2. The number of carbonyl (C=O) groups is 2. The minimum absolute atomic E-state index is 0.0812. The predicted molar refractivity (Wildman–Crippen MR) is 206 cm³/mol. The Kier molecular flexibility index (Phi) is 13.7. The van der Waals surface area contributed by atoms with Crippen molar-refractivity contribution >= 4 is 34.6 Å². The molecule has 14 heteroatoms. The molecule has 2 fully saturated rings. The molecule has 52 heavy (non-hydrogen) atoms. The number of aromatic nitrogens is 3. The second kappa shape index (κ2) is 18.4. The molecule has 1 atom stereocenters. The molecule has 0 spiro atoms. The van der Waals surface area contributed by atoms with Gasteiger partial charge in [-0.1, -0.05) is 58.6 Å². The number of methoxy groups -OCH3 is 1. The number of hydrazine groups is 1. The molecule has 284 valence electrons. The van der Waals surface area contributed by atoms with Crippen LogP contribution in [-0.2, 0) is 22.7 Å². The van der Waals surface area contributed by atoms with Gasteiger partial charge in [0.1, 0.15) is 11.3 Å². The monoisotopic (exact) mass is 717 g/mol. The highest BCUT2D eigenvalue weighted by Gasteiger charge is 2.41. The number of nitrogens with two attached hydrogens (primary N) is 3. The zero-order valence-electron chi connectivity index (χ0n) is 31.5. The number of hydrogen-bond acceptors (Lipinski definition) is 12. The van der Waals surface area contributed by atoms with E-state index in [2.05, 4.69) is 68.6 Å². The molecule has 2 amide bonds. The van der Waals surface area contributed by atoms with Crippen LogP contribution in [0, 0.1) is 11.8 Å². The van der Waals surface area contributed by atoms with E-state index in [0.717, 1.165) is 106 Å². The molecule has 2 saturated heterocycles. The summed E-state index contributed by atoms with van der Waals surface area (Å²) in [4.78, 5) is 40.6. The molecule has 7 N–H and O–H groups in total. The molecule has 0 aliphatic carbocycles. The molecule has 1 unspecified atom stereocenters. The largest absolute Gasteiger partial charge is 0.496 e. The molecule has 2 aromatic heterocycles. The third kappa shape index (κ3) is 9.72. The first kappa shape index (κ1) is 38.8. The fourth-order valence-electron chi connectivity index (χ4n) is 7.45. The molecule has 0 saturated carbocycles. The maximum atomic E-state index is 12.9. The lowest BCUT2D eigenvalue weighted by atomic mass is 9.87. The summed E-state index contributed by atoms with van der Waals surface area (Å²) in [5.41, 5.74) is 16.7. The molecule has 5 rings (SSSR count). The fourth-order valence-corrected chi connectivity index (χ4v) is 7.45. The van der Waals surface area contributed by atoms with Crippen molar-refractivity contribution in [3.63, 3.8) is 0 Å². The van der Waals surface area contributed by atoms with Gasteiger partial charge in [0, 0.05) is 82.4 Å². The van der Waals surface area contributed by atoms with Gasteiger partial charge in [-0.3, -0.25) is 24.3 Å². The summed E-state index contributed by atoms with van der Waals surface area (Å²) in [6.07, 6.45) is 9.09.